The second kappa shape index (κ2) is 8.23. The highest BCUT2D eigenvalue weighted by Crippen LogP contribution is 2.30. The van der Waals surface area contributed by atoms with Gasteiger partial charge < -0.3 is 14.6 Å². The zero-order valence-electron chi connectivity index (χ0n) is 15.9. The summed E-state index contributed by atoms with van der Waals surface area (Å²) in [5, 5.41) is 3.22. The molecule has 2 aliphatic rings. The SMILES string of the molecule is CCc1nccn1CCC(=O)N[C@@H]1C[C@H]2CO[C@@H](c3ccccc3)CN2C1. The molecule has 0 spiro atoms. The predicted octanol–water partition coefficient (Wildman–Crippen LogP) is 2.17. The first-order valence-electron chi connectivity index (χ1n) is 9.93. The number of hydrogen-bond acceptors (Lipinski definition) is 4. The maximum Gasteiger partial charge on any atom is 0.222 e. The summed E-state index contributed by atoms with van der Waals surface area (Å²) < 4.78 is 8.15. The predicted molar refractivity (Wildman–Crippen MR) is 103 cm³/mol. The largest absolute Gasteiger partial charge is 0.371 e. The molecule has 2 fully saturated rings. The number of morpholine rings is 1. The van der Waals surface area contributed by atoms with Gasteiger partial charge in [0.15, 0.2) is 0 Å². The molecule has 2 aliphatic heterocycles. The highest BCUT2D eigenvalue weighted by Gasteiger charge is 2.38. The highest BCUT2D eigenvalue weighted by molar-refractivity contribution is 5.76. The van der Waals surface area contributed by atoms with Gasteiger partial charge in [-0.1, -0.05) is 37.3 Å². The van der Waals surface area contributed by atoms with E-state index >= 15 is 0 Å². The van der Waals surface area contributed by atoms with Crippen LogP contribution in [0.25, 0.3) is 0 Å². The second-order valence-corrected chi connectivity index (χ2v) is 7.48. The van der Waals surface area contributed by atoms with E-state index < -0.39 is 0 Å². The van der Waals surface area contributed by atoms with Crippen molar-refractivity contribution >= 4 is 5.91 Å². The molecule has 4 rings (SSSR count). The molecule has 0 unspecified atom stereocenters. The second-order valence-electron chi connectivity index (χ2n) is 7.48. The van der Waals surface area contributed by atoms with Crippen LogP contribution in [0.2, 0.25) is 0 Å². The number of nitrogens with zero attached hydrogens (tertiary/aromatic N) is 3. The van der Waals surface area contributed by atoms with Crippen LogP contribution in [0, 0.1) is 0 Å². The minimum absolute atomic E-state index is 0.121. The Morgan fingerprint density at radius 1 is 1.30 bits per heavy atom. The fourth-order valence-electron chi connectivity index (χ4n) is 4.23. The van der Waals surface area contributed by atoms with Crippen molar-refractivity contribution in [2.45, 2.75) is 50.9 Å². The van der Waals surface area contributed by atoms with Gasteiger partial charge in [-0.05, 0) is 12.0 Å². The number of amides is 1. The first kappa shape index (κ1) is 18.2. The summed E-state index contributed by atoms with van der Waals surface area (Å²) in [6, 6.07) is 11.0. The maximum atomic E-state index is 12.4. The topological polar surface area (TPSA) is 59.4 Å². The van der Waals surface area contributed by atoms with Crippen LogP contribution >= 0.6 is 0 Å². The summed E-state index contributed by atoms with van der Waals surface area (Å²) in [5.41, 5.74) is 1.23. The Morgan fingerprint density at radius 2 is 2.15 bits per heavy atom. The quantitative estimate of drug-likeness (QED) is 0.849. The Kier molecular flexibility index (Phi) is 5.55. The zero-order valence-corrected chi connectivity index (χ0v) is 15.9. The molecule has 1 aromatic heterocycles. The lowest BCUT2D eigenvalue weighted by molar-refractivity contribution is -0.121. The Bertz CT molecular complexity index is 761. The number of carbonyl (C=O) groups is 1. The molecule has 3 heterocycles. The molecule has 27 heavy (non-hydrogen) atoms. The fourth-order valence-corrected chi connectivity index (χ4v) is 4.23. The molecular formula is C21H28N4O2. The molecule has 1 amide bonds. The van der Waals surface area contributed by atoms with Gasteiger partial charge in [0.25, 0.3) is 0 Å². The van der Waals surface area contributed by atoms with Crippen LogP contribution in [0.15, 0.2) is 42.7 Å². The number of ether oxygens (including phenoxy) is 1. The van der Waals surface area contributed by atoms with Crippen molar-refractivity contribution in [2.75, 3.05) is 19.7 Å². The summed E-state index contributed by atoms with van der Waals surface area (Å²) in [6.45, 7) is 5.32. The molecule has 0 saturated carbocycles. The minimum atomic E-state index is 0.121. The Labute approximate surface area is 160 Å². The van der Waals surface area contributed by atoms with Crippen molar-refractivity contribution in [3.8, 4) is 0 Å². The molecule has 1 aromatic carbocycles. The minimum Gasteiger partial charge on any atom is -0.371 e. The molecular weight excluding hydrogens is 340 g/mol. The monoisotopic (exact) mass is 368 g/mol. The summed E-state index contributed by atoms with van der Waals surface area (Å²) in [5.74, 6) is 1.15. The number of imidazole rings is 1. The lowest BCUT2D eigenvalue weighted by Gasteiger charge is -2.35. The van der Waals surface area contributed by atoms with Crippen LogP contribution in [-0.2, 0) is 22.5 Å². The van der Waals surface area contributed by atoms with Crippen LogP contribution in [-0.4, -0.2) is 52.1 Å². The van der Waals surface area contributed by atoms with Crippen molar-refractivity contribution in [3.63, 3.8) is 0 Å². The van der Waals surface area contributed by atoms with Crippen LogP contribution in [0.4, 0.5) is 0 Å². The van der Waals surface area contributed by atoms with Crippen molar-refractivity contribution in [1.82, 2.24) is 19.8 Å². The van der Waals surface area contributed by atoms with E-state index in [4.69, 9.17) is 4.74 Å². The van der Waals surface area contributed by atoms with Gasteiger partial charge in [-0.3, -0.25) is 9.69 Å². The van der Waals surface area contributed by atoms with E-state index in [0.717, 1.165) is 38.4 Å². The molecule has 6 nitrogen and oxygen atoms in total. The first-order valence-corrected chi connectivity index (χ1v) is 9.93. The van der Waals surface area contributed by atoms with E-state index in [9.17, 15) is 4.79 Å². The molecule has 0 bridgehead atoms. The normalized spacial score (nSPS) is 25.3. The van der Waals surface area contributed by atoms with Crippen LogP contribution < -0.4 is 5.32 Å². The van der Waals surface area contributed by atoms with Crippen LogP contribution in [0.1, 0.15) is 37.3 Å². The smallest absolute Gasteiger partial charge is 0.222 e. The van der Waals surface area contributed by atoms with E-state index in [1.54, 1.807) is 6.20 Å². The van der Waals surface area contributed by atoms with Crippen LogP contribution in [0.3, 0.4) is 0 Å². The van der Waals surface area contributed by atoms with Gasteiger partial charge in [0.2, 0.25) is 5.91 Å². The number of hydrogen-bond donors (Lipinski definition) is 1. The summed E-state index contributed by atoms with van der Waals surface area (Å²) in [7, 11) is 0. The van der Waals surface area contributed by atoms with Crippen molar-refractivity contribution in [1.29, 1.82) is 0 Å². The van der Waals surface area contributed by atoms with Crippen molar-refractivity contribution in [3.05, 3.63) is 54.1 Å². The lowest BCUT2D eigenvalue weighted by Crippen LogP contribution is -2.43. The molecule has 0 aliphatic carbocycles. The highest BCUT2D eigenvalue weighted by atomic mass is 16.5. The number of rotatable bonds is 6. The first-order chi connectivity index (χ1) is 13.2. The Morgan fingerprint density at radius 3 is 2.96 bits per heavy atom. The standard InChI is InChI=1S/C21H28N4O2/c1-2-20-22-9-11-24(20)10-8-21(26)23-17-12-18-15-27-19(14-25(18)13-17)16-6-4-3-5-7-16/h3-7,9,11,17-19H,2,8,10,12-15H2,1H3,(H,23,26)/t17-,18+,19-/m1/s1. The van der Waals surface area contributed by atoms with Gasteiger partial charge in [-0.25, -0.2) is 4.98 Å². The summed E-state index contributed by atoms with van der Waals surface area (Å²) in [6.07, 6.45) is 6.23. The lowest BCUT2D eigenvalue weighted by atomic mass is 10.1. The van der Waals surface area contributed by atoms with Gasteiger partial charge in [-0.2, -0.15) is 0 Å². The van der Waals surface area contributed by atoms with Gasteiger partial charge in [0.05, 0.1) is 12.7 Å². The van der Waals surface area contributed by atoms with Crippen molar-refractivity contribution in [2.24, 2.45) is 0 Å². The number of benzene rings is 1. The summed E-state index contributed by atoms with van der Waals surface area (Å²) in [4.78, 5) is 19.2. The van der Waals surface area contributed by atoms with Gasteiger partial charge in [-0.15, -0.1) is 0 Å². The third kappa shape index (κ3) is 4.22. The Hall–Kier alpha value is -2.18. The average molecular weight is 368 g/mol. The third-order valence-electron chi connectivity index (χ3n) is 5.65. The third-order valence-corrected chi connectivity index (χ3v) is 5.65. The summed E-state index contributed by atoms with van der Waals surface area (Å²) >= 11 is 0. The molecule has 6 heteroatoms. The van der Waals surface area contributed by atoms with Gasteiger partial charge >= 0.3 is 0 Å². The maximum absolute atomic E-state index is 12.4. The average Bonchev–Trinajstić information content (AvgIpc) is 3.32. The number of nitrogens with one attached hydrogen (secondary N) is 1. The molecule has 2 aromatic rings. The van der Waals surface area contributed by atoms with Crippen LogP contribution in [0.5, 0.6) is 0 Å². The number of aryl methyl sites for hydroxylation is 2. The molecule has 1 N–H and O–H groups in total. The molecule has 3 atom stereocenters. The Balaban J connectivity index is 1.26. The zero-order chi connectivity index (χ0) is 18.6. The number of fused-ring (bicyclic) bond motifs is 1. The van der Waals surface area contributed by atoms with E-state index in [1.165, 1.54) is 5.56 Å². The van der Waals surface area contributed by atoms with Crippen molar-refractivity contribution < 1.29 is 9.53 Å². The fraction of sp³-hybridized carbons (Fsp3) is 0.524. The number of carbonyl (C=O) groups excluding carboxylic acids is 1. The molecule has 0 radical (unpaired) electrons. The van der Waals surface area contributed by atoms with Gasteiger partial charge in [0.1, 0.15) is 5.82 Å². The van der Waals surface area contributed by atoms with E-state index in [0.29, 0.717) is 19.0 Å². The molecule has 144 valence electrons. The molecule has 2 saturated heterocycles. The van der Waals surface area contributed by atoms with E-state index in [1.807, 2.05) is 12.3 Å². The van der Waals surface area contributed by atoms with E-state index in [2.05, 4.69) is 51.0 Å². The van der Waals surface area contributed by atoms with E-state index in [-0.39, 0.29) is 18.1 Å². The number of aromatic nitrogens is 2. The van der Waals surface area contributed by atoms with Gasteiger partial charge in [0, 0.05) is 57.0 Å².